The lowest BCUT2D eigenvalue weighted by molar-refractivity contribution is 0.435. The van der Waals surface area contributed by atoms with E-state index in [0.717, 1.165) is 18.7 Å². The van der Waals surface area contributed by atoms with Crippen molar-refractivity contribution in [1.82, 2.24) is 5.32 Å². The van der Waals surface area contributed by atoms with Gasteiger partial charge in [-0.05, 0) is 47.5 Å². The van der Waals surface area contributed by atoms with Crippen LogP contribution in [0.1, 0.15) is 61.3 Å². The number of nitrogens with zero attached hydrogens (tertiary/aromatic N) is 1. The number of rotatable bonds is 4. The highest BCUT2D eigenvalue weighted by molar-refractivity contribution is 5.80. The molecule has 0 unspecified atom stereocenters. The number of hydrogen-bond donors (Lipinski definition) is 1. The largest absolute Gasteiger partial charge is 0.369 e. The van der Waals surface area contributed by atoms with Gasteiger partial charge in [0.2, 0.25) is 0 Å². The van der Waals surface area contributed by atoms with E-state index in [1.165, 1.54) is 0 Å². The summed E-state index contributed by atoms with van der Waals surface area (Å²) in [6, 6.07) is 0. The fourth-order valence-electron chi connectivity index (χ4n) is 1.14. The van der Waals surface area contributed by atoms with Crippen LogP contribution < -0.4 is 5.32 Å². The van der Waals surface area contributed by atoms with Crippen molar-refractivity contribution in [3.63, 3.8) is 0 Å². The van der Waals surface area contributed by atoms with E-state index in [-0.39, 0.29) is 11.1 Å². The van der Waals surface area contributed by atoms with E-state index in [4.69, 9.17) is 0 Å². The van der Waals surface area contributed by atoms with Gasteiger partial charge in [0.1, 0.15) is 0 Å². The Labute approximate surface area is 89.2 Å². The van der Waals surface area contributed by atoms with E-state index in [9.17, 15) is 0 Å². The summed E-state index contributed by atoms with van der Waals surface area (Å²) in [6.07, 6.45) is 2.17. The molecule has 84 valence electrons. The third-order valence-corrected chi connectivity index (χ3v) is 2.74. The summed E-state index contributed by atoms with van der Waals surface area (Å²) in [5, 5.41) is 3.45. The first-order valence-corrected chi connectivity index (χ1v) is 5.57. The van der Waals surface area contributed by atoms with Crippen LogP contribution in [0.3, 0.4) is 0 Å². The summed E-state index contributed by atoms with van der Waals surface area (Å²) in [5.41, 5.74) is 0.207. The van der Waals surface area contributed by atoms with Crippen molar-refractivity contribution in [1.29, 1.82) is 0 Å². The highest BCUT2D eigenvalue weighted by Crippen LogP contribution is 2.14. The Bertz CT molecular complexity index is 202. The number of hydrogen-bond acceptors (Lipinski definition) is 1. The Kier molecular flexibility index (Phi) is 4.63. The van der Waals surface area contributed by atoms with Crippen molar-refractivity contribution in [2.45, 2.75) is 72.4 Å². The van der Waals surface area contributed by atoms with Gasteiger partial charge in [0, 0.05) is 5.54 Å². The second-order valence-corrected chi connectivity index (χ2v) is 5.23. The minimum absolute atomic E-state index is 0.0565. The van der Waals surface area contributed by atoms with Crippen LogP contribution in [0, 0.1) is 0 Å². The average Bonchev–Trinajstić information content (AvgIpc) is 2.02. The molecule has 0 rings (SSSR count). The lowest BCUT2D eigenvalue weighted by Crippen LogP contribution is -2.42. The molecule has 0 amide bonds. The standard InChI is InChI=1S/C12H26N2/c1-8-11(4,5)13-10(3)14-12(6,7)9-2/h8-9H2,1-7H3,(H,13,14). The molecule has 0 fully saturated rings. The van der Waals surface area contributed by atoms with E-state index in [1.807, 2.05) is 0 Å². The Morgan fingerprint density at radius 1 is 1.07 bits per heavy atom. The molecule has 2 heteroatoms. The van der Waals surface area contributed by atoms with Crippen LogP contribution in [0.25, 0.3) is 0 Å². The van der Waals surface area contributed by atoms with Gasteiger partial charge in [0.25, 0.3) is 0 Å². The minimum atomic E-state index is 0.0565. The molecule has 0 spiro atoms. The molecule has 0 aromatic heterocycles. The van der Waals surface area contributed by atoms with E-state index in [0.29, 0.717) is 0 Å². The van der Waals surface area contributed by atoms with Crippen LogP contribution in [0.5, 0.6) is 0 Å². The number of amidine groups is 1. The third kappa shape index (κ3) is 5.25. The summed E-state index contributed by atoms with van der Waals surface area (Å²) in [5.74, 6) is 1.05. The quantitative estimate of drug-likeness (QED) is 0.543. The van der Waals surface area contributed by atoms with Crippen molar-refractivity contribution in [3.8, 4) is 0 Å². The lowest BCUT2D eigenvalue weighted by Gasteiger charge is -2.27. The maximum absolute atomic E-state index is 4.67. The van der Waals surface area contributed by atoms with Gasteiger partial charge < -0.3 is 5.32 Å². The summed E-state index contributed by atoms with van der Waals surface area (Å²) >= 11 is 0. The van der Waals surface area contributed by atoms with Crippen LogP contribution in [0.15, 0.2) is 4.99 Å². The Balaban J connectivity index is 4.41. The molecule has 0 heterocycles. The average molecular weight is 198 g/mol. The van der Waals surface area contributed by atoms with E-state index < -0.39 is 0 Å². The molecule has 0 aromatic rings. The first-order valence-electron chi connectivity index (χ1n) is 5.57. The molecule has 0 aromatic carbocycles. The summed E-state index contributed by atoms with van der Waals surface area (Å²) in [7, 11) is 0. The van der Waals surface area contributed by atoms with Crippen molar-refractivity contribution in [2.75, 3.05) is 0 Å². The van der Waals surface area contributed by atoms with Crippen LogP contribution in [-0.4, -0.2) is 16.9 Å². The van der Waals surface area contributed by atoms with E-state index in [1.54, 1.807) is 0 Å². The van der Waals surface area contributed by atoms with E-state index >= 15 is 0 Å². The zero-order chi connectivity index (χ0) is 11.4. The van der Waals surface area contributed by atoms with Gasteiger partial charge in [-0.1, -0.05) is 13.8 Å². The van der Waals surface area contributed by atoms with Crippen LogP contribution in [-0.2, 0) is 0 Å². The molecule has 0 aliphatic carbocycles. The van der Waals surface area contributed by atoms with Gasteiger partial charge in [-0.2, -0.15) is 0 Å². The predicted octanol–water partition coefficient (Wildman–Crippen LogP) is 3.37. The first-order chi connectivity index (χ1) is 6.22. The normalized spacial score (nSPS) is 14.4. The van der Waals surface area contributed by atoms with Crippen LogP contribution in [0.4, 0.5) is 0 Å². The summed E-state index contributed by atoms with van der Waals surface area (Å²) in [4.78, 5) is 4.67. The smallest absolute Gasteiger partial charge is 0.0942 e. The fourth-order valence-corrected chi connectivity index (χ4v) is 1.14. The monoisotopic (exact) mass is 198 g/mol. The molecule has 0 bridgehead atoms. The minimum Gasteiger partial charge on any atom is -0.369 e. The van der Waals surface area contributed by atoms with Gasteiger partial charge >= 0.3 is 0 Å². The predicted molar refractivity (Wildman–Crippen MR) is 65.0 cm³/mol. The lowest BCUT2D eigenvalue weighted by atomic mass is 10.0. The Morgan fingerprint density at radius 3 is 1.93 bits per heavy atom. The molecular weight excluding hydrogens is 172 g/mol. The van der Waals surface area contributed by atoms with Gasteiger partial charge in [0.15, 0.2) is 0 Å². The molecule has 0 saturated heterocycles. The molecule has 0 atom stereocenters. The maximum Gasteiger partial charge on any atom is 0.0942 e. The second kappa shape index (κ2) is 4.81. The number of nitrogens with one attached hydrogen (secondary N) is 1. The molecule has 14 heavy (non-hydrogen) atoms. The summed E-state index contributed by atoms with van der Waals surface area (Å²) in [6.45, 7) is 15.1. The van der Waals surface area contributed by atoms with Crippen LogP contribution >= 0.6 is 0 Å². The van der Waals surface area contributed by atoms with Crippen LogP contribution in [0.2, 0.25) is 0 Å². The fraction of sp³-hybridized carbons (Fsp3) is 0.917. The summed E-state index contributed by atoms with van der Waals surface area (Å²) < 4.78 is 0. The molecule has 1 N–H and O–H groups in total. The highest BCUT2D eigenvalue weighted by Gasteiger charge is 2.17. The van der Waals surface area contributed by atoms with Gasteiger partial charge in [-0.15, -0.1) is 0 Å². The maximum atomic E-state index is 4.67. The molecule has 2 nitrogen and oxygen atoms in total. The first kappa shape index (κ1) is 13.5. The van der Waals surface area contributed by atoms with Crippen molar-refractivity contribution < 1.29 is 0 Å². The Hall–Kier alpha value is -0.530. The zero-order valence-electron chi connectivity index (χ0n) is 10.9. The molecule has 0 radical (unpaired) electrons. The molecule has 0 saturated carbocycles. The molecule has 0 aliphatic heterocycles. The van der Waals surface area contributed by atoms with E-state index in [2.05, 4.69) is 58.8 Å². The SMILES string of the molecule is CCC(C)(C)N=C(C)NC(C)(C)CC. The molecule has 0 aliphatic rings. The van der Waals surface area contributed by atoms with Gasteiger partial charge in [0.05, 0.1) is 11.4 Å². The number of aliphatic imine (C=N–C) groups is 1. The second-order valence-electron chi connectivity index (χ2n) is 5.23. The van der Waals surface area contributed by atoms with Gasteiger partial charge in [-0.3, -0.25) is 4.99 Å². The van der Waals surface area contributed by atoms with Gasteiger partial charge in [-0.25, -0.2) is 0 Å². The van der Waals surface area contributed by atoms with Crippen molar-refractivity contribution in [3.05, 3.63) is 0 Å². The molecular formula is C12H26N2. The van der Waals surface area contributed by atoms with Crippen molar-refractivity contribution in [2.24, 2.45) is 4.99 Å². The zero-order valence-corrected chi connectivity index (χ0v) is 10.9. The third-order valence-electron chi connectivity index (χ3n) is 2.74. The topological polar surface area (TPSA) is 24.4 Å². The highest BCUT2D eigenvalue weighted by atomic mass is 15.1. The Morgan fingerprint density at radius 2 is 1.57 bits per heavy atom. The van der Waals surface area contributed by atoms with Crippen molar-refractivity contribution >= 4 is 5.84 Å².